The van der Waals surface area contributed by atoms with E-state index in [9.17, 15) is 9.18 Å². The number of amides is 1. The van der Waals surface area contributed by atoms with Gasteiger partial charge in [-0.2, -0.15) is 0 Å². The minimum Gasteiger partial charge on any atom is -0.378 e. The first-order chi connectivity index (χ1) is 12.2. The number of rotatable bonds is 6. The Balaban J connectivity index is 1.50. The van der Waals surface area contributed by atoms with Crippen molar-refractivity contribution in [3.63, 3.8) is 0 Å². The molecule has 2 fully saturated rings. The van der Waals surface area contributed by atoms with Gasteiger partial charge in [0, 0.05) is 39.3 Å². The van der Waals surface area contributed by atoms with Crippen molar-refractivity contribution in [1.29, 1.82) is 0 Å². The number of halogens is 1. The van der Waals surface area contributed by atoms with E-state index < -0.39 is 0 Å². The SMILES string of the molecule is CCN1CCN(c2ccc(CNC(=O)C[C@@H]3CCCO3)cc2F)CC1. The molecular weight excluding hydrogens is 321 g/mol. The van der Waals surface area contributed by atoms with Gasteiger partial charge in [0.1, 0.15) is 5.82 Å². The lowest BCUT2D eigenvalue weighted by atomic mass is 10.1. The maximum Gasteiger partial charge on any atom is 0.222 e. The molecule has 25 heavy (non-hydrogen) atoms. The molecule has 1 aromatic carbocycles. The Morgan fingerprint density at radius 3 is 2.76 bits per heavy atom. The highest BCUT2D eigenvalue weighted by atomic mass is 19.1. The van der Waals surface area contributed by atoms with Crippen molar-refractivity contribution in [3.8, 4) is 0 Å². The van der Waals surface area contributed by atoms with E-state index in [-0.39, 0.29) is 17.8 Å². The van der Waals surface area contributed by atoms with E-state index in [1.807, 2.05) is 12.1 Å². The summed E-state index contributed by atoms with van der Waals surface area (Å²) in [5.41, 5.74) is 1.44. The summed E-state index contributed by atoms with van der Waals surface area (Å²) in [5.74, 6) is -0.247. The van der Waals surface area contributed by atoms with Crippen molar-refractivity contribution >= 4 is 11.6 Å². The molecule has 0 saturated carbocycles. The van der Waals surface area contributed by atoms with E-state index in [1.54, 1.807) is 0 Å². The molecule has 2 aliphatic heterocycles. The molecule has 1 aromatic rings. The smallest absolute Gasteiger partial charge is 0.222 e. The minimum absolute atomic E-state index is 0.0351. The first kappa shape index (κ1) is 18.1. The van der Waals surface area contributed by atoms with Crippen LogP contribution >= 0.6 is 0 Å². The van der Waals surface area contributed by atoms with E-state index >= 15 is 0 Å². The van der Waals surface area contributed by atoms with Gasteiger partial charge in [0.2, 0.25) is 5.91 Å². The normalized spacial score (nSPS) is 21.5. The number of hydrogen-bond donors (Lipinski definition) is 1. The Hall–Kier alpha value is -1.66. The Bertz CT molecular complexity index is 582. The van der Waals surface area contributed by atoms with E-state index in [1.165, 1.54) is 6.07 Å². The lowest BCUT2D eigenvalue weighted by Crippen LogP contribution is -2.46. The Kier molecular flexibility index (Phi) is 6.26. The van der Waals surface area contributed by atoms with Crippen LogP contribution in [0.3, 0.4) is 0 Å². The number of nitrogens with one attached hydrogen (secondary N) is 1. The van der Waals surface area contributed by atoms with Crippen LogP contribution in [0.15, 0.2) is 18.2 Å². The third-order valence-corrected chi connectivity index (χ3v) is 5.10. The van der Waals surface area contributed by atoms with E-state index in [2.05, 4.69) is 22.0 Å². The number of ether oxygens (including phenoxy) is 1. The number of carbonyl (C=O) groups excluding carboxylic acids is 1. The van der Waals surface area contributed by atoms with Crippen molar-refractivity contribution in [3.05, 3.63) is 29.6 Å². The zero-order valence-electron chi connectivity index (χ0n) is 15.0. The fourth-order valence-electron chi connectivity index (χ4n) is 3.51. The maximum atomic E-state index is 14.5. The number of carbonyl (C=O) groups is 1. The van der Waals surface area contributed by atoms with Gasteiger partial charge in [-0.05, 0) is 37.1 Å². The van der Waals surface area contributed by atoms with Crippen LogP contribution in [0.1, 0.15) is 31.7 Å². The predicted molar refractivity (Wildman–Crippen MR) is 96.2 cm³/mol. The van der Waals surface area contributed by atoms with Crippen LogP contribution in [0, 0.1) is 5.82 Å². The molecular formula is C19H28FN3O2. The zero-order valence-corrected chi connectivity index (χ0v) is 15.0. The molecule has 1 amide bonds. The Labute approximate surface area is 149 Å². The molecule has 0 aromatic heterocycles. The molecule has 0 aliphatic carbocycles. The van der Waals surface area contributed by atoms with Crippen molar-refractivity contribution in [2.45, 2.75) is 38.8 Å². The molecule has 1 N–H and O–H groups in total. The molecule has 3 rings (SSSR count). The number of anilines is 1. The average molecular weight is 349 g/mol. The molecule has 0 spiro atoms. The summed E-state index contributed by atoms with van der Waals surface area (Å²) in [7, 11) is 0. The number of hydrogen-bond acceptors (Lipinski definition) is 4. The summed E-state index contributed by atoms with van der Waals surface area (Å²) >= 11 is 0. The molecule has 6 heteroatoms. The molecule has 2 aliphatic rings. The van der Waals surface area contributed by atoms with Gasteiger partial charge in [-0.1, -0.05) is 13.0 Å². The highest BCUT2D eigenvalue weighted by Crippen LogP contribution is 2.22. The van der Waals surface area contributed by atoms with Crippen LogP contribution in [0.25, 0.3) is 0 Å². The molecule has 2 heterocycles. The third kappa shape index (κ3) is 4.92. The van der Waals surface area contributed by atoms with Crippen molar-refractivity contribution < 1.29 is 13.9 Å². The van der Waals surface area contributed by atoms with Crippen LogP contribution in [-0.2, 0) is 16.1 Å². The second-order valence-corrected chi connectivity index (χ2v) is 6.82. The second kappa shape index (κ2) is 8.63. The maximum absolute atomic E-state index is 14.5. The van der Waals surface area contributed by atoms with Gasteiger partial charge in [-0.25, -0.2) is 4.39 Å². The van der Waals surface area contributed by atoms with Gasteiger partial charge in [-0.15, -0.1) is 0 Å². The summed E-state index contributed by atoms with van der Waals surface area (Å²) < 4.78 is 19.9. The summed E-state index contributed by atoms with van der Waals surface area (Å²) in [5, 5.41) is 2.86. The molecule has 2 saturated heterocycles. The van der Waals surface area contributed by atoms with Crippen LogP contribution in [0.2, 0.25) is 0 Å². The lowest BCUT2D eigenvalue weighted by molar-refractivity contribution is -0.123. The van der Waals surface area contributed by atoms with Crippen LogP contribution < -0.4 is 10.2 Å². The van der Waals surface area contributed by atoms with Gasteiger partial charge >= 0.3 is 0 Å². The van der Waals surface area contributed by atoms with Crippen molar-refractivity contribution in [2.24, 2.45) is 0 Å². The fourth-order valence-corrected chi connectivity index (χ4v) is 3.51. The first-order valence-corrected chi connectivity index (χ1v) is 9.29. The summed E-state index contributed by atoms with van der Waals surface area (Å²) in [6, 6.07) is 5.27. The van der Waals surface area contributed by atoms with Gasteiger partial charge < -0.3 is 19.9 Å². The quantitative estimate of drug-likeness (QED) is 0.855. The highest BCUT2D eigenvalue weighted by Gasteiger charge is 2.20. The molecule has 0 radical (unpaired) electrons. The van der Waals surface area contributed by atoms with E-state index in [4.69, 9.17) is 4.74 Å². The summed E-state index contributed by atoms with van der Waals surface area (Å²) in [6.07, 6.45) is 2.41. The number of benzene rings is 1. The van der Waals surface area contributed by atoms with E-state index in [0.717, 1.165) is 57.7 Å². The second-order valence-electron chi connectivity index (χ2n) is 6.82. The van der Waals surface area contributed by atoms with Gasteiger partial charge in [0.05, 0.1) is 18.2 Å². The fraction of sp³-hybridized carbons (Fsp3) is 0.632. The molecule has 138 valence electrons. The topological polar surface area (TPSA) is 44.8 Å². The predicted octanol–water partition coefficient (Wildman–Crippen LogP) is 2.15. The average Bonchev–Trinajstić information content (AvgIpc) is 3.13. The summed E-state index contributed by atoms with van der Waals surface area (Å²) in [6.45, 7) is 7.93. The van der Waals surface area contributed by atoms with Gasteiger partial charge in [-0.3, -0.25) is 4.79 Å². The lowest BCUT2D eigenvalue weighted by Gasteiger charge is -2.35. The third-order valence-electron chi connectivity index (χ3n) is 5.10. The standard InChI is InChI=1S/C19H28FN3O2/c1-2-22-7-9-23(10-8-22)18-6-5-15(12-17(18)20)14-21-19(24)13-16-4-3-11-25-16/h5-6,12,16H,2-4,7-11,13-14H2,1H3,(H,21,24)/t16-/m0/s1. The van der Waals surface area contributed by atoms with Crippen LogP contribution in [0.5, 0.6) is 0 Å². The highest BCUT2D eigenvalue weighted by molar-refractivity contribution is 5.76. The minimum atomic E-state index is -0.212. The molecule has 1 atom stereocenters. The van der Waals surface area contributed by atoms with E-state index in [0.29, 0.717) is 18.7 Å². The van der Waals surface area contributed by atoms with Crippen molar-refractivity contribution in [1.82, 2.24) is 10.2 Å². The number of nitrogens with zero attached hydrogens (tertiary/aromatic N) is 2. The van der Waals surface area contributed by atoms with Crippen molar-refractivity contribution in [2.75, 3.05) is 44.2 Å². The summed E-state index contributed by atoms with van der Waals surface area (Å²) in [4.78, 5) is 16.4. The van der Waals surface area contributed by atoms with Gasteiger partial charge in [0.15, 0.2) is 0 Å². The monoisotopic (exact) mass is 349 g/mol. The number of likely N-dealkylation sites (N-methyl/N-ethyl adjacent to an activating group) is 1. The number of piperazine rings is 1. The zero-order chi connectivity index (χ0) is 17.6. The Morgan fingerprint density at radius 2 is 2.12 bits per heavy atom. The van der Waals surface area contributed by atoms with Crippen LogP contribution in [0.4, 0.5) is 10.1 Å². The molecule has 0 unspecified atom stereocenters. The molecule has 0 bridgehead atoms. The molecule has 5 nitrogen and oxygen atoms in total. The largest absolute Gasteiger partial charge is 0.378 e. The first-order valence-electron chi connectivity index (χ1n) is 9.29. The van der Waals surface area contributed by atoms with Crippen LogP contribution in [-0.4, -0.2) is 56.2 Å². The van der Waals surface area contributed by atoms with Gasteiger partial charge in [0.25, 0.3) is 0 Å². The Morgan fingerprint density at radius 1 is 1.32 bits per heavy atom.